The van der Waals surface area contributed by atoms with Gasteiger partial charge in [0.15, 0.2) is 0 Å². The molecule has 0 radical (unpaired) electrons. The Bertz CT molecular complexity index is 311. The first-order chi connectivity index (χ1) is 9.58. The maximum atomic E-state index is 11.6. The van der Waals surface area contributed by atoms with Crippen LogP contribution in [0.3, 0.4) is 0 Å². The first-order valence-electron chi connectivity index (χ1n) is 8.34. The van der Waals surface area contributed by atoms with E-state index >= 15 is 0 Å². The molecule has 0 aliphatic carbocycles. The Kier molecular flexibility index (Phi) is 8.86. The maximum absolute atomic E-state index is 11.6. The van der Waals surface area contributed by atoms with E-state index in [0.717, 1.165) is 38.3 Å². The molecule has 0 aromatic carbocycles. The molecule has 2 heterocycles. The van der Waals surface area contributed by atoms with Gasteiger partial charge in [-0.15, -0.1) is 0 Å². The van der Waals surface area contributed by atoms with Crippen molar-refractivity contribution in [1.82, 2.24) is 15.1 Å². The van der Waals surface area contributed by atoms with E-state index in [0.29, 0.717) is 18.5 Å². The Labute approximate surface area is 153 Å². The van der Waals surface area contributed by atoms with Crippen molar-refractivity contribution in [3.63, 3.8) is 0 Å². The standard InChI is InChI=1S/C16H31N3O.U/c1-4-5-16(20)17-15-6-8-18(9-7-15)10-14-11-19(12-14)13(2)3;/h13-15H,4-12H2,1-3H3,(H,17,20);. The van der Waals surface area contributed by atoms with Crippen LogP contribution in [0.4, 0.5) is 0 Å². The SMILES string of the molecule is CCCC(=O)NC1CCN(CC2CN(C(C)C)C2)CC1.[U]. The van der Waals surface area contributed by atoms with E-state index in [1.807, 2.05) is 0 Å². The minimum Gasteiger partial charge on any atom is -0.353 e. The molecule has 0 spiro atoms. The molecule has 2 fully saturated rings. The quantitative estimate of drug-likeness (QED) is 0.581. The summed E-state index contributed by atoms with van der Waals surface area (Å²) in [4.78, 5) is 16.7. The van der Waals surface area contributed by atoms with Crippen LogP contribution in [0.2, 0.25) is 0 Å². The Hall–Kier alpha value is 0.442. The van der Waals surface area contributed by atoms with E-state index in [1.165, 1.54) is 19.6 Å². The van der Waals surface area contributed by atoms with Crippen molar-refractivity contribution in [3.8, 4) is 0 Å². The van der Waals surface area contributed by atoms with Crippen LogP contribution in [0, 0.1) is 37.0 Å². The van der Waals surface area contributed by atoms with Gasteiger partial charge in [0.2, 0.25) is 5.91 Å². The summed E-state index contributed by atoms with van der Waals surface area (Å²) < 4.78 is 0. The molecule has 120 valence electrons. The molecule has 5 heteroatoms. The predicted molar refractivity (Wildman–Crippen MR) is 82.7 cm³/mol. The minimum absolute atomic E-state index is 0. The predicted octanol–water partition coefficient (Wildman–Crippen LogP) is 1.71. The summed E-state index contributed by atoms with van der Waals surface area (Å²) in [6.45, 7) is 12.7. The number of nitrogens with one attached hydrogen (secondary N) is 1. The zero-order valence-electron chi connectivity index (χ0n) is 13.9. The first-order valence-corrected chi connectivity index (χ1v) is 8.34. The fourth-order valence-electron chi connectivity index (χ4n) is 3.30. The summed E-state index contributed by atoms with van der Waals surface area (Å²) in [6, 6.07) is 1.12. The number of carbonyl (C=O) groups is 1. The summed E-state index contributed by atoms with van der Waals surface area (Å²) in [7, 11) is 0. The zero-order chi connectivity index (χ0) is 14.5. The smallest absolute Gasteiger partial charge is 0.220 e. The molecular weight excluding hydrogens is 488 g/mol. The van der Waals surface area contributed by atoms with Crippen LogP contribution in [-0.4, -0.2) is 60.5 Å². The van der Waals surface area contributed by atoms with Crippen molar-refractivity contribution in [2.24, 2.45) is 5.92 Å². The second-order valence-electron chi connectivity index (χ2n) is 6.81. The number of carbonyl (C=O) groups excluding carboxylic acids is 1. The number of piperidine rings is 1. The maximum Gasteiger partial charge on any atom is 0.220 e. The average molecular weight is 519 g/mol. The van der Waals surface area contributed by atoms with Crippen LogP contribution in [0.5, 0.6) is 0 Å². The molecule has 2 aliphatic heterocycles. The molecule has 1 amide bonds. The van der Waals surface area contributed by atoms with Gasteiger partial charge in [0.25, 0.3) is 0 Å². The van der Waals surface area contributed by atoms with Gasteiger partial charge in [-0.05, 0) is 39.0 Å². The van der Waals surface area contributed by atoms with Gasteiger partial charge in [-0.2, -0.15) is 0 Å². The molecule has 21 heavy (non-hydrogen) atoms. The summed E-state index contributed by atoms with van der Waals surface area (Å²) >= 11 is 0. The third kappa shape index (κ3) is 6.22. The number of likely N-dealkylation sites (tertiary alicyclic amines) is 2. The molecule has 0 atom stereocenters. The van der Waals surface area contributed by atoms with E-state index in [4.69, 9.17) is 0 Å². The molecule has 0 saturated carbocycles. The van der Waals surface area contributed by atoms with Crippen molar-refractivity contribution in [3.05, 3.63) is 0 Å². The van der Waals surface area contributed by atoms with E-state index in [-0.39, 0.29) is 37.0 Å². The summed E-state index contributed by atoms with van der Waals surface area (Å²) in [5, 5.41) is 3.17. The third-order valence-electron chi connectivity index (χ3n) is 4.66. The van der Waals surface area contributed by atoms with E-state index in [9.17, 15) is 4.79 Å². The van der Waals surface area contributed by atoms with Gasteiger partial charge < -0.3 is 15.1 Å². The number of hydrogen-bond acceptors (Lipinski definition) is 3. The Morgan fingerprint density at radius 2 is 1.86 bits per heavy atom. The fraction of sp³-hybridized carbons (Fsp3) is 0.938. The number of rotatable bonds is 6. The summed E-state index contributed by atoms with van der Waals surface area (Å²) in [5.41, 5.74) is 0. The average Bonchev–Trinajstić information content (AvgIpc) is 2.35. The normalized spacial score (nSPS) is 21.9. The van der Waals surface area contributed by atoms with E-state index < -0.39 is 0 Å². The Morgan fingerprint density at radius 1 is 1.24 bits per heavy atom. The monoisotopic (exact) mass is 519 g/mol. The van der Waals surface area contributed by atoms with Crippen LogP contribution in [0.1, 0.15) is 46.5 Å². The summed E-state index contributed by atoms with van der Waals surface area (Å²) in [5.74, 6) is 1.10. The fourth-order valence-corrected chi connectivity index (χ4v) is 3.30. The van der Waals surface area contributed by atoms with Crippen molar-refractivity contribution in [1.29, 1.82) is 0 Å². The van der Waals surface area contributed by atoms with Crippen molar-refractivity contribution in [2.75, 3.05) is 32.7 Å². The Morgan fingerprint density at radius 3 is 2.38 bits per heavy atom. The first kappa shape index (κ1) is 19.5. The molecule has 2 rings (SSSR count). The zero-order valence-corrected chi connectivity index (χ0v) is 18.1. The van der Waals surface area contributed by atoms with Crippen LogP contribution < -0.4 is 5.32 Å². The molecule has 2 aliphatic rings. The largest absolute Gasteiger partial charge is 0.353 e. The molecular formula is C16H31N3OU. The topological polar surface area (TPSA) is 35.6 Å². The molecule has 4 nitrogen and oxygen atoms in total. The number of amides is 1. The molecule has 0 bridgehead atoms. The van der Waals surface area contributed by atoms with Gasteiger partial charge in [0.05, 0.1) is 0 Å². The van der Waals surface area contributed by atoms with Crippen molar-refractivity contribution in [2.45, 2.75) is 58.5 Å². The van der Waals surface area contributed by atoms with Crippen LogP contribution in [0.25, 0.3) is 0 Å². The molecule has 0 aromatic rings. The molecule has 2 saturated heterocycles. The van der Waals surface area contributed by atoms with Crippen LogP contribution in [0.15, 0.2) is 0 Å². The van der Waals surface area contributed by atoms with Crippen molar-refractivity contribution >= 4 is 5.91 Å². The third-order valence-corrected chi connectivity index (χ3v) is 4.66. The second kappa shape index (κ2) is 9.55. The van der Waals surface area contributed by atoms with Gasteiger partial charge >= 0.3 is 0 Å². The van der Waals surface area contributed by atoms with Crippen LogP contribution in [-0.2, 0) is 4.79 Å². The van der Waals surface area contributed by atoms with Crippen molar-refractivity contribution < 1.29 is 35.9 Å². The van der Waals surface area contributed by atoms with Gasteiger partial charge in [-0.1, -0.05) is 6.92 Å². The van der Waals surface area contributed by atoms with Gasteiger partial charge in [0, 0.05) is 82.3 Å². The summed E-state index contributed by atoms with van der Waals surface area (Å²) in [6.07, 6.45) is 3.86. The molecule has 0 unspecified atom stereocenters. The number of nitrogens with zero attached hydrogens (tertiary/aromatic N) is 2. The van der Waals surface area contributed by atoms with E-state index in [2.05, 4.69) is 35.9 Å². The molecule has 0 aromatic heterocycles. The van der Waals surface area contributed by atoms with Gasteiger partial charge in [0.1, 0.15) is 0 Å². The van der Waals surface area contributed by atoms with E-state index in [1.54, 1.807) is 0 Å². The minimum atomic E-state index is 0. The van der Waals surface area contributed by atoms with Crippen LogP contribution >= 0.6 is 0 Å². The number of hydrogen-bond donors (Lipinski definition) is 1. The molecule has 1 N–H and O–H groups in total. The second-order valence-corrected chi connectivity index (χ2v) is 6.81. The van der Waals surface area contributed by atoms with Gasteiger partial charge in [-0.3, -0.25) is 4.79 Å². The van der Waals surface area contributed by atoms with Gasteiger partial charge in [-0.25, -0.2) is 0 Å². The Balaban J connectivity index is 0.00000220.